The van der Waals surface area contributed by atoms with Gasteiger partial charge in [0.25, 0.3) is 0 Å². The first-order valence-corrected chi connectivity index (χ1v) is 6.96. The van der Waals surface area contributed by atoms with Gasteiger partial charge in [0.2, 0.25) is 0 Å². The van der Waals surface area contributed by atoms with Crippen LogP contribution in [0.2, 0.25) is 0 Å². The molecule has 1 aromatic rings. The van der Waals surface area contributed by atoms with Crippen molar-refractivity contribution in [1.82, 2.24) is 9.19 Å². The van der Waals surface area contributed by atoms with Crippen molar-refractivity contribution in [3.63, 3.8) is 0 Å². The fraction of sp³-hybridized carbons (Fsp3) is 0.800. The Morgan fingerprint density at radius 2 is 2.00 bits per heavy atom. The number of hydrogen-bond acceptors (Lipinski definition) is 3. The molecule has 0 aromatic carbocycles. The number of aliphatic hydroxyl groups is 1. The molecule has 1 N–H and O–H groups in total. The number of nitrogens with zero attached hydrogens (tertiary/aromatic N) is 2. The zero-order chi connectivity index (χ0) is 9.80. The standard InChI is InChI=1S/C10H16N2OSe/c13-8-4-1-2-6-9-10(7-3-5-8)14-12-11-9/h8,13H,1-7H2. The molecule has 3 nitrogen and oxygen atoms in total. The van der Waals surface area contributed by atoms with Crippen molar-refractivity contribution in [3.8, 4) is 0 Å². The fourth-order valence-corrected chi connectivity index (χ4v) is 3.44. The first-order chi connectivity index (χ1) is 6.86. The summed E-state index contributed by atoms with van der Waals surface area (Å²) >= 11 is 0.277. The molecular weight excluding hydrogens is 243 g/mol. The van der Waals surface area contributed by atoms with E-state index in [0.29, 0.717) is 0 Å². The maximum atomic E-state index is 9.61. The number of aromatic nitrogens is 2. The van der Waals surface area contributed by atoms with E-state index in [2.05, 4.69) is 9.19 Å². The molecule has 1 aromatic heterocycles. The van der Waals surface area contributed by atoms with Crippen LogP contribution in [0.15, 0.2) is 0 Å². The van der Waals surface area contributed by atoms with Crippen LogP contribution in [0.1, 0.15) is 42.2 Å². The van der Waals surface area contributed by atoms with Crippen molar-refractivity contribution in [3.05, 3.63) is 10.1 Å². The molecule has 2 rings (SSSR count). The Bertz CT molecular complexity index is 287. The molecule has 0 aliphatic heterocycles. The van der Waals surface area contributed by atoms with E-state index < -0.39 is 0 Å². The average molecular weight is 259 g/mol. The number of fused-ring (bicyclic) bond motifs is 1. The molecule has 0 spiro atoms. The molecule has 0 amide bonds. The van der Waals surface area contributed by atoms with E-state index >= 15 is 0 Å². The van der Waals surface area contributed by atoms with Crippen LogP contribution in [0, 0.1) is 0 Å². The molecule has 0 bridgehead atoms. The molecule has 14 heavy (non-hydrogen) atoms. The summed E-state index contributed by atoms with van der Waals surface area (Å²) in [6.45, 7) is 0. The molecular formula is C10H16N2OSe. The molecule has 1 atom stereocenters. The third-order valence-electron chi connectivity index (χ3n) is 2.78. The van der Waals surface area contributed by atoms with Crippen LogP contribution in [0.4, 0.5) is 0 Å². The van der Waals surface area contributed by atoms with Crippen LogP contribution in [0.25, 0.3) is 0 Å². The summed E-state index contributed by atoms with van der Waals surface area (Å²) in [7, 11) is 0. The van der Waals surface area contributed by atoms with Gasteiger partial charge in [0.05, 0.1) is 0 Å². The fourth-order valence-electron chi connectivity index (χ4n) is 1.92. The van der Waals surface area contributed by atoms with Crippen LogP contribution < -0.4 is 0 Å². The second-order valence-electron chi connectivity index (χ2n) is 3.93. The SMILES string of the molecule is OC1CCCCc2nn[se]c2CCC1. The van der Waals surface area contributed by atoms with Crippen LogP contribution in [0.3, 0.4) is 0 Å². The Balaban J connectivity index is 2.02. The Morgan fingerprint density at radius 1 is 1.14 bits per heavy atom. The molecule has 78 valence electrons. The van der Waals surface area contributed by atoms with Gasteiger partial charge in [-0.3, -0.25) is 0 Å². The van der Waals surface area contributed by atoms with Gasteiger partial charge in [-0.15, -0.1) is 0 Å². The molecule has 0 saturated carbocycles. The minimum absolute atomic E-state index is 0.0695. The van der Waals surface area contributed by atoms with Crippen molar-refractivity contribution in [1.29, 1.82) is 0 Å². The van der Waals surface area contributed by atoms with Gasteiger partial charge in [-0.05, 0) is 0 Å². The van der Waals surface area contributed by atoms with E-state index in [-0.39, 0.29) is 20.8 Å². The second kappa shape index (κ2) is 5.06. The van der Waals surface area contributed by atoms with E-state index in [9.17, 15) is 5.11 Å². The molecule has 4 heteroatoms. The van der Waals surface area contributed by atoms with Gasteiger partial charge >= 0.3 is 90.2 Å². The van der Waals surface area contributed by atoms with Gasteiger partial charge in [0.15, 0.2) is 0 Å². The van der Waals surface area contributed by atoms with Crippen molar-refractivity contribution in [2.24, 2.45) is 0 Å². The van der Waals surface area contributed by atoms with Crippen molar-refractivity contribution in [2.45, 2.75) is 51.0 Å². The van der Waals surface area contributed by atoms with E-state index in [1.807, 2.05) is 0 Å². The molecule has 0 radical (unpaired) electrons. The molecule has 0 saturated heterocycles. The predicted octanol–water partition coefficient (Wildman–Crippen LogP) is 0.944. The van der Waals surface area contributed by atoms with Crippen LogP contribution in [-0.4, -0.2) is 35.1 Å². The zero-order valence-electron chi connectivity index (χ0n) is 8.28. The molecule has 1 aliphatic carbocycles. The van der Waals surface area contributed by atoms with Gasteiger partial charge in [0.1, 0.15) is 0 Å². The van der Waals surface area contributed by atoms with E-state index in [1.165, 1.54) is 10.1 Å². The van der Waals surface area contributed by atoms with Gasteiger partial charge in [-0.25, -0.2) is 0 Å². The van der Waals surface area contributed by atoms with Gasteiger partial charge in [-0.2, -0.15) is 0 Å². The van der Waals surface area contributed by atoms with Crippen LogP contribution in [-0.2, 0) is 12.8 Å². The Kier molecular flexibility index (Phi) is 3.73. The third-order valence-corrected chi connectivity index (χ3v) is 4.50. The third kappa shape index (κ3) is 2.66. The van der Waals surface area contributed by atoms with Crippen LogP contribution in [0.5, 0.6) is 0 Å². The van der Waals surface area contributed by atoms with Gasteiger partial charge < -0.3 is 0 Å². The van der Waals surface area contributed by atoms with Crippen molar-refractivity contribution < 1.29 is 5.11 Å². The summed E-state index contributed by atoms with van der Waals surface area (Å²) in [6, 6.07) is 0. The molecule has 1 heterocycles. The Labute approximate surface area is 90.5 Å². The zero-order valence-corrected chi connectivity index (χ0v) is 9.99. The Hall–Kier alpha value is -0.181. The summed E-state index contributed by atoms with van der Waals surface area (Å²) in [5, 5.41) is 13.8. The summed E-state index contributed by atoms with van der Waals surface area (Å²) in [5.74, 6) is 0. The number of aliphatic hydroxyl groups excluding tert-OH is 1. The monoisotopic (exact) mass is 260 g/mol. The summed E-state index contributed by atoms with van der Waals surface area (Å²) < 4.78 is 5.62. The quantitative estimate of drug-likeness (QED) is 0.705. The van der Waals surface area contributed by atoms with Crippen LogP contribution >= 0.6 is 0 Å². The first kappa shape index (κ1) is 10.3. The maximum absolute atomic E-state index is 9.61. The van der Waals surface area contributed by atoms with E-state index in [0.717, 1.165) is 44.9 Å². The number of aryl methyl sites for hydroxylation is 2. The second-order valence-corrected chi connectivity index (χ2v) is 5.69. The summed E-state index contributed by atoms with van der Waals surface area (Å²) in [6.07, 6.45) is 7.42. The predicted molar refractivity (Wildman–Crippen MR) is 55.5 cm³/mol. The van der Waals surface area contributed by atoms with Gasteiger partial charge in [-0.1, -0.05) is 0 Å². The normalized spacial score (nSPS) is 24.2. The minimum atomic E-state index is -0.0695. The molecule has 0 fully saturated rings. The van der Waals surface area contributed by atoms with E-state index in [1.54, 1.807) is 0 Å². The molecule has 1 aliphatic rings. The number of rotatable bonds is 0. The van der Waals surface area contributed by atoms with Gasteiger partial charge in [0, 0.05) is 0 Å². The Morgan fingerprint density at radius 3 is 2.93 bits per heavy atom. The summed E-state index contributed by atoms with van der Waals surface area (Å²) in [5.41, 5.74) is 1.27. The average Bonchev–Trinajstić information content (AvgIpc) is 2.61. The summed E-state index contributed by atoms with van der Waals surface area (Å²) in [4.78, 5) is 0. The van der Waals surface area contributed by atoms with E-state index in [4.69, 9.17) is 0 Å². The first-order valence-electron chi connectivity index (χ1n) is 5.34. The molecule has 1 unspecified atom stereocenters. The van der Waals surface area contributed by atoms with Crippen molar-refractivity contribution >= 4 is 14.7 Å². The topological polar surface area (TPSA) is 46.0 Å². The van der Waals surface area contributed by atoms with Crippen molar-refractivity contribution in [2.75, 3.05) is 0 Å². The number of hydrogen-bond donors (Lipinski definition) is 1.